The Balaban J connectivity index is 1.46. The van der Waals surface area contributed by atoms with Gasteiger partial charge in [0.15, 0.2) is 5.69 Å². The number of hydrogen-bond donors (Lipinski definition) is 1. The number of nitrogens with zero attached hydrogens (tertiary/aromatic N) is 3. The Kier molecular flexibility index (Phi) is 4.35. The van der Waals surface area contributed by atoms with Crippen LogP contribution in [0.3, 0.4) is 0 Å². The van der Waals surface area contributed by atoms with Crippen molar-refractivity contribution in [3.63, 3.8) is 0 Å². The van der Waals surface area contributed by atoms with E-state index in [4.69, 9.17) is 0 Å². The van der Waals surface area contributed by atoms with Crippen LogP contribution in [0.15, 0.2) is 42.5 Å². The summed E-state index contributed by atoms with van der Waals surface area (Å²) >= 11 is 0. The van der Waals surface area contributed by atoms with E-state index < -0.39 is 5.82 Å². The van der Waals surface area contributed by atoms with Gasteiger partial charge in [-0.3, -0.25) is 14.7 Å². The van der Waals surface area contributed by atoms with Crippen LogP contribution < -0.4 is 0 Å². The van der Waals surface area contributed by atoms with Crippen LogP contribution in [0.4, 0.5) is 4.39 Å². The number of fused-ring (bicyclic) bond motifs is 1. The molecule has 1 fully saturated rings. The van der Waals surface area contributed by atoms with Gasteiger partial charge in [0.25, 0.3) is 11.8 Å². The molecule has 27 heavy (non-hydrogen) atoms. The first-order chi connectivity index (χ1) is 13.0. The molecular weight excluding hydrogens is 347 g/mol. The zero-order valence-electron chi connectivity index (χ0n) is 14.9. The van der Waals surface area contributed by atoms with Crippen LogP contribution >= 0.6 is 0 Å². The van der Waals surface area contributed by atoms with Crippen LogP contribution in [-0.4, -0.2) is 58.0 Å². The number of carbonyl (C=O) groups is 2. The summed E-state index contributed by atoms with van der Waals surface area (Å²) in [5, 5.41) is 7.88. The maximum absolute atomic E-state index is 13.3. The normalized spacial score (nSPS) is 14.6. The minimum atomic E-state index is -0.435. The second-order valence-corrected chi connectivity index (χ2v) is 6.72. The lowest BCUT2D eigenvalue weighted by molar-refractivity contribution is 0.0533. The number of hydrogen-bond acceptors (Lipinski definition) is 3. The minimum Gasteiger partial charge on any atom is -0.335 e. The average molecular weight is 366 g/mol. The van der Waals surface area contributed by atoms with Gasteiger partial charge in [0.1, 0.15) is 5.82 Å². The smallest absolute Gasteiger partial charge is 0.275 e. The lowest BCUT2D eigenvalue weighted by atomic mass is 10.1. The fourth-order valence-electron chi connectivity index (χ4n) is 3.36. The number of rotatable bonds is 2. The van der Waals surface area contributed by atoms with E-state index in [0.29, 0.717) is 37.4 Å². The van der Waals surface area contributed by atoms with E-state index in [1.54, 1.807) is 15.9 Å². The topological polar surface area (TPSA) is 69.3 Å². The van der Waals surface area contributed by atoms with E-state index in [0.717, 1.165) is 16.5 Å². The van der Waals surface area contributed by atoms with Crippen molar-refractivity contribution in [2.24, 2.45) is 0 Å². The molecule has 1 saturated heterocycles. The maximum atomic E-state index is 13.3. The van der Waals surface area contributed by atoms with Crippen LogP contribution in [0, 0.1) is 12.7 Å². The molecule has 1 aliphatic heterocycles. The fraction of sp³-hybridized carbons (Fsp3) is 0.250. The highest BCUT2D eigenvalue weighted by Gasteiger charge is 2.27. The number of aryl methyl sites for hydroxylation is 1. The number of benzene rings is 2. The molecule has 2 heterocycles. The summed E-state index contributed by atoms with van der Waals surface area (Å²) in [5.74, 6) is -0.803. The lowest BCUT2D eigenvalue weighted by Gasteiger charge is -2.34. The number of halogens is 1. The van der Waals surface area contributed by atoms with Gasteiger partial charge in [-0.2, -0.15) is 5.10 Å². The molecule has 2 amide bonds. The lowest BCUT2D eigenvalue weighted by Crippen LogP contribution is -2.50. The monoisotopic (exact) mass is 366 g/mol. The van der Waals surface area contributed by atoms with Gasteiger partial charge in [-0.1, -0.05) is 17.7 Å². The van der Waals surface area contributed by atoms with E-state index in [1.807, 2.05) is 25.1 Å². The molecule has 0 saturated carbocycles. The van der Waals surface area contributed by atoms with Gasteiger partial charge >= 0.3 is 0 Å². The molecule has 1 N–H and O–H groups in total. The molecule has 0 atom stereocenters. The summed E-state index contributed by atoms with van der Waals surface area (Å²) in [6.45, 7) is 3.61. The third kappa shape index (κ3) is 3.28. The summed E-state index contributed by atoms with van der Waals surface area (Å²) in [4.78, 5) is 28.7. The second-order valence-electron chi connectivity index (χ2n) is 6.72. The van der Waals surface area contributed by atoms with Crippen molar-refractivity contribution in [3.05, 3.63) is 65.1 Å². The first kappa shape index (κ1) is 17.2. The largest absolute Gasteiger partial charge is 0.335 e. The predicted octanol–water partition coefficient (Wildman–Crippen LogP) is 2.61. The Hall–Kier alpha value is -3.22. The molecule has 4 rings (SSSR count). The van der Waals surface area contributed by atoms with E-state index >= 15 is 0 Å². The Morgan fingerprint density at radius 3 is 2.41 bits per heavy atom. The third-order valence-corrected chi connectivity index (χ3v) is 4.85. The zero-order valence-corrected chi connectivity index (χ0v) is 14.9. The Morgan fingerprint density at radius 2 is 1.70 bits per heavy atom. The number of H-pyrrole nitrogens is 1. The predicted molar refractivity (Wildman–Crippen MR) is 99.0 cm³/mol. The average Bonchev–Trinajstić information content (AvgIpc) is 3.10. The number of nitrogens with one attached hydrogen (secondary N) is 1. The molecule has 1 aromatic heterocycles. The molecule has 0 aliphatic carbocycles. The van der Waals surface area contributed by atoms with Crippen molar-refractivity contribution >= 4 is 22.7 Å². The molecule has 0 bridgehead atoms. The van der Waals surface area contributed by atoms with Gasteiger partial charge in [0, 0.05) is 37.1 Å². The van der Waals surface area contributed by atoms with Crippen molar-refractivity contribution in [1.29, 1.82) is 0 Å². The quantitative estimate of drug-likeness (QED) is 0.758. The van der Waals surface area contributed by atoms with Crippen molar-refractivity contribution in [2.75, 3.05) is 26.2 Å². The SMILES string of the molecule is Cc1ccc2[nH]nc(C(=O)N3CCN(C(=O)c4cccc(F)c4)CC3)c2c1. The molecule has 6 nitrogen and oxygen atoms in total. The summed E-state index contributed by atoms with van der Waals surface area (Å²) in [6.07, 6.45) is 0. The first-order valence-electron chi connectivity index (χ1n) is 8.82. The maximum Gasteiger partial charge on any atom is 0.275 e. The molecular formula is C20H19FN4O2. The first-order valence-corrected chi connectivity index (χ1v) is 8.82. The Bertz CT molecular complexity index is 1020. The van der Waals surface area contributed by atoms with Crippen molar-refractivity contribution in [1.82, 2.24) is 20.0 Å². The van der Waals surface area contributed by atoms with Gasteiger partial charge in [-0.05, 0) is 37.3 Å². The van der Waals surface area contributed by atoms with E-state index in [2.05, 4.69) is 10.2 Å². The highest BCUT2D eigenvalue weighted by Crippen LogP contribution is 2.20. The van der Waals surface area contributed by atoms with Gasteiger partial charge in [0.05, 0.1) is 5.52 Å². The van der Waals surface area contributed by atoms with Gasteiger partial charge < -0.3 is 9.80 Å². The summed E-state index contributed by atoms with van der Waals surface area (Å²) < 4.78 is 13.3. The van der Waals surface area contributed by atoms with Gasteiger partial charge in [0.2, 0.25) is 0 Å². The number of aromatic nitrogens is 2. The molecule has 3 aromatic rings. The number of carbonyl (C=O) groups excluding carboxylic acids is 2. The Labute approximate surface area is 155 Å². The standard InChI is InChI=1S/C20H19FN4O2/c1-13-5-6-17-16(11-13)18(23-22-17)20(27)25-9-7-24(8-10-25)19(26)14-3-2-4-15(21)12-14/h2-6,11-12H,7-10H2,1H3,(H,22,23). The molecule has 138 valence electrons. The number of aromatic amines is 1. The Morgan fingerprint density at radius 1 is 1.00 bits per heavy atom. The third-order valence-electron chi connectivity index (χ3n) is 4.85. The van der Waals surface area contributed by atoms with Crippen LogP contribution in [-0.2, 0) is 0 Å². The minimum absolute atomic E-state index is 0.148. The fourth-order valence-corrected chi connectivity index (χ4v) is 3.36. The van der Waals surface area contributed by atoms with E-state index in [-0.39, 0.29) is 11.8 Å². The molecule has 0 unspecified atom stereocenters. The number of amides is 2. The van der Waals surface area contributed by atoms with Crippen molar-refractivity contribution in [3.8, 4) is 0 Å². The van der Waals surface area contributed by atoms with Crippen LogP contribution in [0.5, 0.6) is 0 Å². The van der Waals surface area contributed by atoms with Crippen LogP contribution in [0.1, 0.15) is 26.4 Å². The summed E-state index contributed by atoms with van der Waals surface area (Å²) in [5.41, 5.74) is 2.61. The van der Waals surface area contributed by atoms with Crippen LogP contribution in [0.25, 0.3) is 10.9 Å². The molecule has 2 aromatic carbocycles. The molecule has 1 aliphatic rings. The summed E-state index contributed by atoms with van der Waals surface area (Å²) in [6, 6.07) is 11.5. The van der Waals surface area contributed by atoms with Crippen molar-refractivity contribution in [2.45, 2.75) is 6.92 Å². The molecule has 7 heteroatoms. The van der Waals surface area contributed by atoms with E-state index in [9.17, 15) is 14.0 Å². The van der Waals surface area contributed by atoms with Crippen LogP contribution in [0.2, 0.25) is 0 Å². The second kappa shape index (κ2) is 6.83. The highest BCUT2D eigenvalue weighted by atomic mass is 19.1. The molecule has 0 radical (unpaired) electrons. The van der Waals surface area contributed by atoms with E-state index in [1.165, 1.54) is 18.2 Å². The summed E-state index contributed by atoms with van der Waals surface area (Å²) in [7, 11) is 0. The number of piperazine rings is 1. The van der Waals surface area contributed by atoms with Gasteiger partial charge in [-0.25, -0.2) is 4.39 Å². The van der Waals surface area contributed by atoms with Crippen molar-refractivity contribution < 1.29 is 14.0 Å². The zero-order chi connectivity index (χ0) is 19.0. The molecule has 0 spiro atoms. The van der Waals surface area contributed by atoms with Gasteiger partial charge in [-0.15, -0.1) is 0 Å². The highest BCUT2D eigenvalue weighted by molar-refractivity contribution is 6.05.